The van der Waals surface area contributed by atoms with Crippen LogP contribution in [0.5, 0.6) is 0 Å². The molecule has 3 heterocycles. The number of hydrogen-bond donors (Lipinski definition) is 1. The van der Waals surface area contributed by atoms with Crippen LogP contribution in [-0.2, 0) is 4.79 Å². The Balaban J connectivity index is 1.88. The van der Waals surface area contributed by atoms with E-state index in [1.54, 1.807) is 4.90 Å². The number of likely N-dealkylation sites (tertiary alicyclic amines) is 1. The molecule has 150 valence electrons. The molecule has 1 aromatic rings. The van der Waals surface area contributed by atoms with E-state index in [0.29, 0.717) is 18.7 Å². The SMILES string of the molecule is CCN1N=C([C@@H]2C[C@@H](O)CN2C(=O)C(c2cc(C)no2)C(C)C)CC1(C)C. The third-order valence-electron chi connectivity index (χ3n) is 5.69. The van der Waals surface area contributed by atoms with Crippen molar-refractivity contribution in [2.45, 2.75) is 78.0 Å². The Labute approximate surface area is 161 Å². The van der Waals surface area contributed by atoms with Gasteiger partial charge in [0.25, 0.3) is 0 Å². The van der Waals surface area contributed by atoms with Crippen LogP contribution in [0.3, 0.4) is 0 Å². The molecule has 1 amide bonds. The maximum Gasteiger partial charge on any atom is 0.234 e. The van der Waals surface area contributed by atoms with E-state index in [1.807, 2.05) is 26.8 Å². The Kier molecular flexibility index (Phi) is 5.34. The molecule has 1 unspecified atom stereocenters. The summed E-state index contributed by atoms with van der Waals surface area (Å²) in [5.74, 6) is 0.239. The normalized spacial score (nSPS) is 26.0. The Morgan fingerprint density at radius 3 is 2.67 bits per heavy atom. The Morgan fingerprint density at radius 2 is 2.15 bits per heavy atom. The highest BCUT2D eigenvalue weighted by atomic mass is 16.5. The minimum Gasteiger partial charge on any atom is -0.391 e. The van der Waals surface area contributed by atoms with Crippen molar-refractivity contribution < 1.29 is 14.4 Å². The molecule has 27 heavy (non-hydrogen) atoms. The van der Waals surface area contributed by atoms with E-state index in [-0.39, 0.29) is 23.4 Å². The van der Waals surface area contributed by atoms with Gasteiger partial charge in [-0.1, -0.05) is 19.0 Å². The van der Waals surface area contributed by atoms with Gasteiger partial charge in [-0.25, -0.2) is 0 Å². The highest BCUT2D eigenvalue weighted by molar-refractivity contribution is 5.96. The van der Waals surface area contributed by atoms with Crippen molar-refractivity contribution in [2.75, 3.05) is 13.1 Å². The van der Waals surface area contributed by atoms with Gasteiger partial charge in [-0.3, -0.25) is 9.80 Å². The molecule has 0 aliphatic carbocycles. The number of nitrogens with zero attached hydrogens (tertiary/aromatic N) is 4. The molecule has 2 aliphatic heterocycles. The fraction of sp³-hybridized carbons (Fsp3) is 0.750. The van der Waals surface area contributed by atoms with Crippen LogP contribution in [0, 0.1) is 12.8 Å². The standard InChI is InChI=1S/C20H32N4O3/c1-7-24-20(5,6)10-15(21-24)16-9-14(25)11-23(16)19(26)18(12(2)3)17-8-13(4)22-27-17/h8,12,14,16,18,25H,7,9-11H2,1-6H3/t14-,16+,18?/m1/s1. The monoisotopic (exact) mass is 376 g/mol. The lowest BCUT2D eigenvalue weighted by atomic mass is 9.90. The number of β-amino-alcohol motifs (C(OH)–C–C–N with tert-alkyl or cyclic N) is 1. The van der Waals surface area contributed by atoms with Gasteiger partial charge in [-0.15, -0.1) is 0 Å². The van der Waals surface area contributed by atoms with E-state index < -0.39 is 12.0 Å². The number of carbonyl (C=O) groups is 1. The molecule has 0 bridgehead atoms. The van der Waals surface area contributed by atoms with Gasteiger partial charge in [0, 0.05) is 32.0 Å². The third kappa shape index (κ3) is 3.74. The fourth-order valence-electron chi connectivity index (χ4n) is 4.36. The molecule has 0 spiro atoms. The first kappa shape index (κ1) is 19.9. The predicted molar refractivity (Wildman–Crippen MR) is 103 cm³/mol. The maximum absolute atomic E-state index is 13.5. The Hall–Kier alpha value is -1.89. The van der Waals surface area contributed by atoms with Gasteiger partial charge in [0.05, 0.1) is 29.1 Å². The number of amides is 1. The summed E-state index contributed by atoms with van der Waals surface area (Å²) in [6.07, 6.45) is 0.818. The summed E-state index contributed by atoms with van der Waals surface area (Å²) in [5, 5.41) is 21.2. The number of aromatic nitrogens is 1. The highest BCUT2D eigenvalue weighted by Crippen LogP contribution is 2.35. The van der Waals surface area contributed by atoms with Crippen molar-refractivity contribution in [1.82, 2.24) is 15.1 Å². The molecule has 1 saturated heterocycles. The van der Waals surface area contributed by atoms with Gasteiger partial charge < -0.3 is 14.5 Å². The van der Waals surface area contributed by atoms with Crippen LogP contribution < -0.4 is 0 Å². The van der Waals surface area contributed by atoms with Crippen molar-refractivity contribution in [3.8, 4) is 0 Å². The van der Waals surface area contributed by atoms with Gasteiger partial charge in [-0.05, 0) is 33.6 Å². The first-order valence-electron chi connectivity index (χ1n) is 9.90. The van der Waals surface area contributed by atoms with Crippen molar-refractivity contribution in [3.05, 3.63) is 17.5 Å². The molecule has 1 fully saturated rings. The first-order chi connectivity index (χ1) is 12.6. The summed E-state index contributed by atoms with van der Waals surface area (Å²) in [5.41, 5.74) is 1.69. The number of carbonyl (C=O) groups excluding carboxylic acids is 1. The second kappa shape index (κ2) is 7.26. The minimum absolute atomic E-state index is 0.0156. The van der Waals surface area contributed by atoms with Crippen molar-refractivity contribution in [3.63, 3.8) is 0 Å². The molecule has 1 aromatic heterocycles. The van der Waals surface area contributed by atoms with Crippen molar-refractivity contribution in [2.24, 2.45) is 11.0 Å². The average Bonchev–Trinajstić information content (AvgIpc) is 3.24. The number of rotatable bonds is 5. The van der Waals surface area contributed by atoms with Crippen LogP contribution in [0.25, 0.3) is 0 Å². The molecule has 2 aliphatic rings. The molecule has 0 aromatic carbocycles. The summed E-state index contributed by atoms with van der Waals surface area (Å²) in [4.78, 5) is 15.3. The highest BCUT2D eigenvalue weighted by Gasteiger charge is 2.45. The van der Waals surface area contributed by atoms with Crippen molar-refractivity contribution >= 4 is 11.6 Å². The number of aryl methyl sites for hydroxylation is 1. The zero-order chi connectivity index (χ0) is 19.9. The summed E-state index contributed by atoms with van der Waals surface area (Å²) in [6.45, 7) is 13.5. The topological polar surface area (TPSA) is 82.2 Å². The molecule has 7 nitrogen and oxygen atoms in total. The van der Waals surface area contributed by atoms with Gasteiger partial charge in [-0.2, -0.15) is 5.10 Å². The lowest BCUT2D eigenvalue weighted by Crippen LogP contribution is -2.44. The van der Waals surface area contributed by atoms with E-state index in [9.17, 15) is 9.90 Å². The molecule has 3 atom stereocenters. The van der Waals surface area contributed by atoms with Crippen LogP contribution in [0.1, 0.15) is 64.8 Å². The molecular weight excluding hydrogens is 344 g/mol. The van der Waals surface area contributed by atoms with E-state index in [0.717, 1.165) is 24.4 Å². The second-order valence-electron chi connectivity index (χ2n) is 8.78. The summed E-state index contributed by atoms with van der Waals surface area (Å²) in [7, 11) is 0. The largest absolute Gasteiger partial charge is 0.391 e. The number of hydrazone groups is 1. The predicted octanol–water partition coefficient (Wildman–Crippen LogP) is 2.54. The minimum atomic E-state index is -0.523. The first-order valence-corrected chi connectivity index (χ1v) is 9.90. The van der Waals surface area contributed by atoms with Crippen LogP contribution in [-0.4, -0.2) is 62.6 Å². The molecule has 3 rings (SSSR count). The molecular formula is C20H32N4O3. The number of aliphatic hydroxyl groups is 1. The quantitative estimate of drug-likeness (QED) is 0.854. The lowest BCUT2D eigenvalue weighted by Gasteiger charge is -2.30. The van der Waals surface area contributed by atoms with Gasteiger partial charge in [0.15, 0.2) is 0 Å². The van der Waals surface area contributed by atoms with E-state index in [4.69, 9.17) is 9.62 Å². The lowest BCUT2D eigenvalue weighted by molar-refractivity contribution is -0.134. The fourth-order valence-corrected chi connectivity index (χ4v) is 4.36. The van der Waals surface area contributed by atoms with E-state index in [2.05, 4.69) is 30.9 Å². The summed E-state index contributed by atoms with van der Waals surface area (Å²) in [6, 6.07) is 1.67. The van der Waals surface area contributed by atoms with E-state index >= 15 is 0 Å². The number of hydrogen-bond acceptors (Lipinski definition) is 6. The van der Waals surface area contributed by atoms with Crippen LogP contribution in [0.15, 0.2) is 15.7 Å². The third-order valence-corrected chi connectivity index (χ3v) is 5.69. The van der Waals surface area contributed by atoms with Gasteiger partial charge in [0.2, 0.25) is 5.91 Å². The zero-order valence-electron chi connectivity index (χ0n) is 17.3. The van der Waals surface area contributed by atoms with Gasteiger partial charge in [0.1, 0.15) is 11.7 Å². The van der Waals surface area contributed by atoms with E-state index in [1.165, 1.54) is 0 Å². The number of aliphatic hydroxyl groups excluding tert-OH is 1. The molecule has 0 saturated carbocycles. The van der Waals surface area contributed by atoms with Crippen LogP contribution >= 0.6 is 0 Å². The smallest absolute Gasteiger partial charge is 0.234 e. The second-order valence-corrected chi connectivity index (χ2v) is 8.78. The summed E-state index contributed by atoms with van der Waals surface area (Å²) >= 11 is 0. The van der Waals surface area contributed by atoms with Gasteiger partial charge >= 0.3 is 0 Å². The zero-order valence-corrected chi connectivity index (χ0v) is 17.3. The molecule has 0 radical (unpaired) electrons. The summed E-state index contributed by atoms with van der Waals surface area (Å²) < 4.78 is 5.43. The Morgan fingerprint density at radius 1 is 1.44 bits per heavy atom. The van der Waals surface area contributed by atoms with Crippen molar-refractivity contribution in [1.29, 1.82) is 0 Å². The Bertz CT molecular complexity index is 725. The molecule has 1 N–H and O–H groups in total. The van der Waals surface area contributed by atoms with Crippen LogP contribution in [0.4, 0.5) is 0 Å². The van der Waals surface area contributed by atoms with Crippen LogP contribution in [0.2, 0.25) is 0 Å². The average molecular weight is 377 g/mol. The molecule has 7 heteroatoms. The maximum atomic E-state index is 13.5.